The molecule has 0 radical (unpaired) electrons. The summed E-state index contributed by atoms with van der Waals surface area (Å²) in [7, 11) is -3.60. The van der Waals surface area contributed by atoms with E-state index >= 15 is 0 Å². The molecule has 2 rings (SSSR count). The summed E-state index contributed by atoms with van der Waals surface area (Å²) in [5.74, 6) is -0.950. The number of carbonyl (C=O) groups is 2. The minimum atomic E-state index is -3.60. The van der Waals surface area contributed by atoms with Crippen molar-refractivity contribution >= 4 is 21.7 Å². The van der Waals surface area contributed by atoms with E-state index in [1.165, 1.54) is 0 Å². The summed E-state index contributed by atoms with van der Waals surface area (Å²) in [6, 6.07) is 8.59. The molecule has 0 aliphatic carbocycles. The average Bonchev–Trinajstić information content (AvgIpc) is 2.60. The Labute approximate surface area is 148 Å². The summed E-state index contributed by atoms with van der Waals surface area (Å²) in [5, 5.41) is 8.38. The standard InChI is InChI=1S/C17H25N3O4S/c1-13(15(21)19-12-14-6-4-3-5-7-14)20-16(22)17(25(2,23)24)8-10-18-11-9-17/h3-7,13,18H,8-12H2,1-2H3,(H,19,21)(H,20,22). The van der Waals surface area contributed by atoms with Crippen LogP contribution in [-0.2, 0) is 26.0 Å². The molecule has 0 saturated carbocycles. The molecule has 1 saturated heterocycles. The maximum absolute atomic E-state index is 12.7. The number of amides is 2. The summed E-state index contributed by atoms with van der Waals surface area (Å²) >= 11 is 0. The maximum atomic E-state index is 12.7. The molecule has 1 heterocycles. The molecule has 1 aliphatic rings. The van der Waals surface area contributed by atoms with E-state index in [1.807, 2.05) is 30.3 Å². The fourth-order valence-electron chi connectivity index (χ4n) is 2.93. The van der Waals surface area contributed by atoms with Crippen molar-refractivity contribution in [2.75, 3.05) is 19.3 Å². The van der Waals surface area contributed by atoms with E-state index in [0.29, 0.717) is 19.6 Å². The second-order valence-electron chi connectivity index (χ2n) is 6.42. The van der Waals surface area contributed by atoms with Gasteiger partial charge in [-0.05, 0) is 38.4 Å². The predicted molar refractivity (Wildman–Crippen MR) is 95.6 cm³/mol. The lowest BCUT2D eigenvalue weighted by Crippen LogP contribution is -2.60. The first-order chi connectivity index (χ1) is 11.8. The lowest BCUT2D eigenvalue weighted by molar-refractivity contribution is -0.130. The van der Waals surface area contributed by atoms with Crippen molar-refractivity contribution in [3.05, 3.63) is 35.9 Å². The molecule has 0 spiro atoms. The third kappa shape index (κ3) is 4.58. The van der Waals surface area contributed by atoms with E-state index in [-0.39, 0.29) is 18.7 Å². The molecular formula is C17H25N3O4S. The number of carbonyl (C=O) groups excluding carboxylic acids is 2. The van der Waals surface area contributed by atoms with Crippen LogP contribution in [0.5, 0.6) is 0 Å². The van der Waals surface area contributed by atoms with Crippen LogP contribution in [0.25, 0.3) is 0 Å². The highest BCUT2D eigenvalue weighted by Crippen LogP contribution is 2.28. The second kappa shape index (κ2) is 7.97. The minimum absolute atomic E-state index is 0.204. The highest BCUT2D eigenvalue weighted by Gasteiger charge is 2.49. The van der Waals surface area contributed by atoms with Crippen molar-refractivity contribution < 1.29 is 18.0 Å². The van der Waals surface area contributed by atoms with Gasteiger partial charge in [0.15, 0.2) is 14.6 Å². The van der Waals surface area contributed by atoms with Crippen LogP contribution in [0.2, 0.25) is 0 Å². The van der Waals surface area contributed by atoms with Crippen LogP contribution in [-0.4, -0.2) is 50.4 Å². The van der Waals surface area contributed by atoms with Crippen molar-refractivity contribution in [2.24, 2.45) is 0 Å². The maximum Gasteiger partial charge on any atom is 0.242 e. The smallest absolute Gasteiger partial charge is 0.242 e. The fourth-order valence-corrected chi connectivity index (χ4v) is 4.27. The van der Waals surface area contributed by atoms with Crippen LogP contribution in [0.3, 0.4) is 0 Å². The highest BCUT2D eigenvalue weighted by atomic mass is 32.2. The largest absolute Gasteiger partial charge is 0.350 e. The second-order valence-corrected chi connectivity index (χ2v) is 8.74. The first-order valence-electron chi connectivity index (χ1n) is 8.29. The number of hydrogen-bond acceptors (Lipinski definition) is 5. The van der Waals surface area contributed by atoms with Crippen LogP contribution in [0, 0.1) is 0 Å². The molecule has 1 atom stereocenters. The van der Waals surface area contributed by atoms with Crippen molar-refractivity contribution in [3.63, 3.8) is 0 Å². The normalized spacial score (nSPS) is 18.2. The molecule has 7 nitrogen and oxygen atoms in total. The lowest BCUT2D eigenvalue weighted by atomic mass is 9.95. The summed E-state index contributed by atoms with van der Waals surface area (Å²) in [6.07, 6.45) is 1.49. The molecule has 25 heavy (non-hydrogen) atoms. The molecule has 1 aromatic carbocycles. The number of hydrogen-bond donors (Lipinski definition) is 3. The topological polar surface area (TPSA) is 104 Å². The van der Waals surface area contributed by atoms with Crippen molar-refractivity contribution in [1.82, 2.24) is 16.0 Å². The van der Waals surface area contributed by atoms with E-state index < -0.39 is 26.5 Å². The molecule has 0 aromatic heterocycles. The lowest BCUT2D eigenvalue weighted by Gasteiger charge is -2.35. The van der Waals surface area contributed by atoms with Gasteiger partial charge >= 0.3 is 0 Å². The third-order valence-electron chi connectivity index (χ3n) is 4.59. The highest BCUT2D eigenvalue weighted by molar-refractivity contribution is 7.92. The molecule has 1 fully saturated rings. The Balaban J connectivity index is 1.99. The Morgan fingerprint density at radius 3 is 2.36 bits per heavy atom. The number of piperidine rings is 1. The predicted octanol–water partition coefficient (Wildman–Crippen LogP) is -0.0257. The number of nitrogens with one attached hydrogen (secondary N) is 3. The summed E-state index contributed by atoms with van der Waals surface area (Å²) in [6.45, 7) is 2.81. The molecular weight excluding hydrogens is 342 g/mol. The minimum Gasteiger partial charge on any atom is -0.350 e. The Bertz CT molecular complexity index is 713. The van der Waals surface area contributed by atoms with Crippen LogP contribution in [0.15, 0.2) is 30.3 Å². The van der Waals surface area contributed by atoms with Crippen LogP contribution in [0.1, 0.15) is 25.3 Å². The van der Waals surface area contributed by atoms with E-state index in [0.717, 1.165) is 11.8 Å². The molecule has 2 amide bonds. The summed E-state index contributed by atoms with van der Waals surface area (Å²) < 4.78 is 23.0. The summed E-state index contributed by atoms with van der Waals surface area (Å²) in [5.41, 5.74) is 0.945. The van der Waals surface area contributed by atoms with E-state index in [4.69, 9.17) is 0 Å². The molecule has 1 aliphatic heterocycles. The quantitative estimate of drug-likeness (QED) is 0.655. The van der Waals surface area contributed by atoms with Gasteiger partial charge in [0, 0.05) is 12.8 Å². The van der Waals surface area contributed by atoms with Gasteiger partial charge in [-0.3, -0.25) is 9.59 Å². The Morgan fingerprint density at radius 2 is 1.80 bits per heavy atom. The number of benzene rings is 1. The van der Waals surface area contributed by atoms with Gasteiger partial charge in [0.2, 0.25) is 11.8 Å². The van der Waals surface area contributed by atoms with Crippen molar-refractivity contribution in [2.45, 2.75) is 37.1 Å². The van der Waals surface area contributed by atoms with E-state index in [1.54, 1.807) is 6.92 Å². The first kappa shape index (κ1) is 19.4. The molecule has 1 unspecified atom stereocenters. The van der Waals surface area contributed by atoms with Crippen LogP contribution < -0.4 is 16.0 Å². The van der Waals surface area contributed by atoms with Crippen molar-refractivity contribution in [3.8, 4) is 0 Å². The van der Waals surface area contributed by atoms with Gasteiger partial charge in [0.1, 0.15) is 6.04 Å². The average molecular weight is 367 g/mol. The van der Waals surface area contributed by atoms with E-state index in [2.05, 4.69) is 16.0 Å². The monoisotopic (exact) mass is 367 g/mol. The van der Waals surface area contributed by atoms with Gasteiger partial charge in [-0.1, -0.05) is 30.3 Å². The molecule has 3 N–H and O–H groups in total. The number of sulfone groups is 1. The van der Waals surface area contributed by atoms with E-state index in [9.17, 15) is 18.0 Å². The van der Waals surface area contributed by atoms with Gasteiger partial charge in [-0.25, -0.2) is 8.42 Å². The molecule has 0 bridgehead atoms. The van der Waals surface area contributed by atoms with Gasteiger partial charge in [-0.2, -0.15) is 0 Å². The zero-order valence-electron chi connectivity index (χ0n) is 14.5. The van der Waals surface area contributed by atoms with Gasteiger partial charge in [0.25, 0.3) is 0 Å². The first-order valence-corrected chi connectivity index (χ1v) is 10.2. The third-order valence-corrected chi connectivity index (χ3v) is 6.60. The van der Waals surface area contributed by atoms with Crippen LogP contribution >= 0.6 is 0 Å². The summed E-state index contributed by atoms with van der Waals surface area (Å²) in [4.78, 5) is 24.9. The van der Waals surface area contributed by atoms with Gasteiger partial charge in [0.05, 0.1) is 0 Å². The van der Waals surface area contributed by atoms with Crippen molar-refractivity contribution in [1.29, 1.82) is 0 Å². The Morgan fingerprint density at radius 1 is 1.20 bits per heavy atom. The number of rotatable bonds is 6. The van der Waals surface area contributed by atoms with Gasteiger partial charge < -0.3 is 16.0 Å². The zero-order valence-corrected chi connectivity index (χ0v) is 15.4. The SMILES string of the molecule is CC(NC(=O)C1(S(C)(=O)=O)CCNCC1)C(=O)NCc1ccccc1. The molecule has 8 heteroatoms. The fraction of sp³-hybridized carbons (Fsp3) is 0.529. The van der Waals surface area contributed by atoms with Crippen LogP contribution in [0.4, 0.5) is 0 Å². The van der Waals surface area contributed by atoms with Gasteiger partial charge in [-0.15, -0.1) is 0 Å². The Hall–Kier alpha value is -1.93. The molecule has 138 valence electrons. The molecule has 1 aromatic rings. The Kier molecular flexibility index (Phi) is 6.18. The zero-order chi connectivity index (χ0) is 18.5.